The molecular formula is C13H19FN2. The fourth-order valence-corrected chi connectivity index (χ4v) is 2.19. The van der Waals surface area contributed by atoms with Crippen LogP contribution in [0.2, 0.25) is 0 Å². The summed E-state index contributed by atoms with van der Waals surface area (Å²) in [5.41, 5.74) is 0.878. The van der Waals surface area contributed by atoms with Crippen LogP contribution in [-0.4, -0.2) is 19.6 Å². The van der Waals surface area contributed by atoms with Crippen molar-refractivity contribution in [3.05, 3.63) is 30.1 Å². The fourth-order valence-electron chi connectivity index (χ4n) is 2.19. The first kappa shape index (κ1) is 11.4. The Morgan fingerprint density at radius 2 is 2.38 bits per heavy atom. The molecule has 0 radical (unpaired) electrons. The highest BCUT2D eigenvalue weighted by Gasteiger charge is 2.11. The predicted octanol–water partition coefficient (Wildman–Crippen LogP) is 2.63. The largest absolute Gasteiger partial charge is 0.385 e. The van der Waals surface area contributed by atoms with Gasteiger partial charge in [0.05, 0.1) is 0 Å². The minimum atomic E-state index is -0.177. The van der Waals surface area contributed by atoms with Crippen molar-refractivity contribution in [1.29, 1.82) is 0 Å². The van der Waals surface area contributed by atoms with Gasteiger partial charge in [0, 0.05) is 12.2 Å². The molecule has 0 bridgehead atoms. The van der Waals surface area contributed by atoms with Gasteiger partial charge in [0.25, 0.3) is 0 Å². The highest BCUT2D eigenvalue weighted by atomic mass is 19.1. The quantitative estimate of drug-likeness (QED) is 0.818. The molecule has 1 unspecified atom stereocenters. The number of halogens is 1. The highest BCUT2D eigenvalue weighted by molar-refractivity contribution is 5.42. The van der Waals surface area contributed by atoms with Gasteiger partial charge in [0.15, 0.2) is 0 Å². The van der Waals surface area contributed by atoms with E-state index in [-0.39, 0.29) is 5.82 Å². The van der Waals surface area contributed by atoms with Crippen molar-refractivity contribution in [3.63, 3.8) is 0 Å². The molecule has 1 aromatic rings. The van der Waals surface area contributed by atoms with Crippen molar-refractivity contribution < 1.29 is 4.39 Å². The molecule has 16 heavy (non-hydrogen) atoms. The topological polar surface area (TPSA) is 24.1 Å². The smallest absolute Gasteiger partial charge is 0.125 e. The third-order valence-corrected chi connectivity index (χ3v) is 3.11. The average molecular weight is 222 g/mol. The van der Waals surface area contributed by atoms with Crippen LogP contribution in [0.25, 0.3) is 0 Å². The number of piperidine rings is 1. The van der Waals surface area contributed by atoms with E-state index in [4.69, 9.17) is 0 Å². The van der Waals surface area contributed by atoms with E-state index in [0.29, 0.717) is 0 Å². The van der Waals surface area contributed by atoms with E-state index < -0.39 is 0 Å². The summed E-state index contributed by atoms with van der Waals surface area (Å²) in [6.45, 7) is 3.22. The van der Waals surface area contributed by atoms with Crippen LogP contribution < -0.4 is 10.6 Å². The second kappa shape index (κ2) is 5.85. The molecule has 0 saturated carbocycles. The van der Waals surface area contributed by atoms with Gasteiger partial charge < -0.3 is 10.6 Å². The number of anilines is 1. The van der Waals surface area contributed by atoms with Gasteiger partial charge in [-0.1, -0.05) is 6.07 Å². The first-order chi connectivity index (χ1) is 7.84. The van der Waals surface area contributed by atoms with Crippen molar-refractivity contribution >= 4 is 5.69 Å². The highest BCUT2D eigenvalue weighted by Crippen LogP contribution is 2.15. The minimum Gasteiger partial charge on any atom is -0.385 e. The third-order valence-electron chi connectivity index (χ3n) is 3.11. The Kier molecular flexibility index (Phi) is 4.17. The van der Waals surface area contributed by atoms with Crippen LogP contribution in [0.4, 0.5) is 10.1 Å². The normalized spacial score (nSPS) is 20.7. The zero-order valence-electron chi connectivity index (χ0n) is 9.51. The molecule has 1 heterocycles. The van der Waals surface area contributed by atoms with Crippen molar-refractivity contribution in [2.24, 2.45) is 5.92 Å². The number of benzene rings is 1. The molecule has 1 aromatic carbocycles. The van der Waals surface area contributed by atoms with Gasteiger partial charge in [-0.05, 0) is 56.5 Å². The monoisotopic (exact) mass is 222 g/mol. The van der Waals surface area contributed by atoms with Gasteiger partial charge in [-0.15, -0.1) is 0 Å². The van der Waals surface area contributed by atoms with Crippen LogP contribution in [0, 0.1) is 11.7 Å². The summed E-state index contributed by atoms with van der Waals surface area (Å²) in [7, 11) is 0. The van der Waals surface area contributed by atoms with E-state index in [9.17, 15) is 4.39 Å². The Labute approximate surface area is 96.2 Å². The molecule has 2 rings (SSSR count). The first-order valence-corrected chi connectivity index (χ1v) is 6.05. The maximum absolute atomic E-state index is 12.9. The number of hydrogen-bond donors (Lipinski definition) is 2. The van der Waals surface area contributed by atoms with Crippen LogP contribution in [0.1, 0.15) is 19.3 Å². The maximum Gasteiger partial charge on any atom is 0.125 e. The molecule has 1 atom stereocenters. The van der Waals surface area contributed by atoms with E-state index in [0.717, 1.165) is 37.7 Å². The van der Waals surface area contributed by atoms with Crippen molar-refractivity contribution in [3.8, 4) is 0 Å². The lowest BCUT2D eigenvalue weighted by Crippen LogP contribution is -2.30. The average Bonchev–Trinajstić information content (AvgIpc) is 2.30. The third kappa shape index (κ3) is 3.49. The lowest BCUT2D eigenvalue weighted by molar-refractivity contribution is 0.364. The number of hydrogen-bond acceptors (Lipinski definition) is 2. The molecule has 1 saturated heterocycles. The van der Waals surface area contributed by atoms with Crippen molar-refractivity contribution in [2.75, 3.05) is 25.0 Å². The SMILES string of the molecule is Fc1cccc(NCCC2CCCNC2)c1. The summed E-state index contributed by atoms with van der Waals surface area (Å²) in [5.74, 6) is 0.596. The van der Waals surface area contributed by atoms with Gasteiger partial charge in [-0.2, -0.15) is 0 Å². The lowest BCUT2D eigenvalue weighted by Gasteiger charge is -2.22. The van der Waals surface area contributed by atoms with Gasteiger partial charge in [0.2, 0.25) is 0 Å². The Hall–Kier alpha value is -1.09. The van der Waals surface area contributed by atoms with Gasteiger partial charge in [-0.25, -0.2) is 4.39 Å². The molecule has 2 N–H and O–H groups in total. The molecule has 2 nitrogen and oxygen atoms in total. The number of nitrogens with one attached hydrogen (secondary N) is 2. The lowest BCUT2D eigenvalue weighted by atomic mass is 9.96. The Morgan fingerprint density at radius 3 is 3.12 bits per heavy atom. The molecule has 0 aromatic heterocycles. The van der Waals surface area contributed by atoms with Crippen molar-refractivity contribution in [1.82, 2.24) is 5.32 Å². The van der Waals surface area contributed by atoms with E-state index >= 15 is 0 Å². The molecule has 1 aliphatic heterocycles. The standard InChI is InChI=1S/C13H19FN2/c14-12-4-1-5-13(9-12)16-8-6-11-3-2-7-15-10-11/h1,4-5,9,11,15-16H,2-3,6-8,10H2. The summed E-state index contributed by atoms with van der Waals surface area (Å²) >= 11 is 0. The zero-order valence-corrected chi connectivity index (χ0v) is 9.51. The molecular weight excluding hydrogens is 203 g/mol. The molecule has 1 aliphatic rings. The van der Waals surface area contributed by atoms with Crippen LogP contribution in [-0.2, 0) is 0 Å². The summed E-state index contributed by atoms with van der Waals surface area (Å²) in [6.07, 6.45) is 3.76. The second-order valence-electron chi connectivity index (χ2n) is 4.44. The molecule has 0 amide bonds. The van der Waals surface area contributed by atoms with E-state index in [2.05, 4.69) is 10.6 Å². The molecule has 0 aliphatic carbocycles. The second-order valence-corrected chi connectivity index (χ2v) is 4.44. The Bertz CT molecular complexity index is 321. The molecule has 0 spiro atoms. The zero-order chi connectivity index (χ0) is 11.2. The summed E-state index contributed by atoms with van der Waals surface area (Å²) in [5, 5.41) is 6.67. The molecule has 88 valence electrons. The van der Waals surface area contributed by atoms with Gasteiger partial charge in [-0.3, -0.25) is 0 Å². The van der Waals surface area contributed by atoms with E-state index in [1.54, 1.807) is 12.1 Å². The van der Waals surface area contributed by atoms with Crippen molar-refractivity contribution in [2.45, 2.75) is 19.3 Å². The Morgan fingerprint density at radius 1 is 1.44 bits per heavy atom. The molecule has 3 heteroatoms. The van der Waals surface area contributed by atoms with Gasteiger partial charge in [0.1, 0.15) is 5.82 Å². The van der Waals surface area contributed by atoms with Gasteiger partial charge >= 0.3 is 0 Å². The fraction of sp³-hybridized carbons (Fsp3) is 0.538. The minimum absolute atomic E-state index is 0.177. The predicted molar refractivity (Wildman–Crippen MR) is 65.1 cm³/mol. The van der Waals surface area contributed by atoms with Crippen LogP contribution in [0.15, 0.2) is 24.3 Å². The van der Waals surface area contributed by atoms with Crippen LogP contribution >= 0.6 is 0 Å². The van der Waals surface area contributed by atoms with Crippen LogP contribution in [0.3, 0.4) is 0 Å². The summed E-state index contributed by atoms with van der Waals surface area (Å²) < 4.78 is 12.9. The molecule has 1 fully saturated rings. The maximum atomic E-state index is 12.9. The summed E-state index contributed by atoms with van der Waals surface area (Å²) in [4.78, 5) is 0. The summed E-state index contributed by atoms with van der Waals surface area (Å²) in [6, 6.07) is 6.65. The first-order valence-electron chi connectivity index (χ1n) is 6.05. The Balaban J connectivity index is 1.71. The number of rotatable bonds is 4. The van der Waals surface area contributed by atoms with Crippen LogP contribution in [0.5, 0.6) is 0 Å². The van der Waals surface area contributed by atoms with E-state index in [1.807, 2.05) is 6.07 Å². The van der Waals surface area contributed by atoms with E-state index in [1.165, 1.54) is 18.9 Å².